The number of piperidine rings is 1. The van der Waals surface area contributed by atoms with Crippen LogP contribution in [0.3, 0.4) is 0 Å². The van der Waals surface area contributed by atoms with Crippen LogP contribution < -0.4 is 5.32 Å². The van der Waals surface area contributed by atoms with E-state index in [0.717, 1.165) is 19.4 Å². The minimum Gasteiger partial charge on any atom is -0.339 e. The highest BCUT2D eigenvalue weighted by Gasteiger charge is 2.32. The third kappa shape index (κ3) is 4.17. The molecule has 2 rings (SSSR count). The van der Waals surface area contributed by atoms with Gasteiger partial charge in [-0.1, -0.05) is 13.8 Å². The summed E-state index contributed by atoms with van der Waals surface area (Å²) >= 11 is 0. The van der Waals surface area contributed by atoms with Crippen molar-refractivity contribution < 1.29 is 13.2 Å². The maximum absolute atomic E-state index is 12.5. The molecule has 0 aromatic heterocycles. The number of nitrogens with zero attached hydrogens (tertiary/aromatic N) is 2. The molecule has 122 valence electrons. The van der Waals surface area contributed by atoms with Gasteiger partial charge in [-0.2, -0.15) is 4.31 Å². The Labute approximate surface area is 127 Å². The minimum atomic E-state index is -3.14. The van der Waals surface area contributed by atoms with Crippen LogP contribution in [0.25, 0.3) is 0 Å². The number of rotatable bonds is 4. The number of hydrogen-bond acceptors (Lipinski definition) is 4. The molecule has 0 aromatic carbocycles. The molecule has 2 unspecified atom stereocenters. The number of carbonyl (C=O) groups excluding carboxylic acids is 1. The molecular weight excluding hydrogens is 290 g/mol. The van der Waals surface area contributed by atoms with E-state index in [4.69, 9.17) is 0 Å². The van der Waals surface area contributed by atoms with E-state index in [1.54, 1.807) is 0 Å². The molecule has 0 radical (unpaired) electrons. The Bertz CT molecular complexity index is 458. The first kappa shape index (κ1) is 16.7. The van der Waals surface area contributed by atoms with Gasteiger partial charge in [0.15, 0.2) is 0 Å². The standard InChI is InChI=1S/C14H27N3O3S/c1-3-10-21(19,20)17-8-6-16(7-9-17)14(18)13-11-12(2)4-5-15-13/h12-13,15H,3-11H2,1-2H3. The highest BCUT2D eigenvalue weighted by molar-refractivity contribution is 7.89. The summed E-state index contributed by atoms with van der Waals surface area (Å²) < 4.78 is 25.6. The van der Waals surface area contributed by atoms with E-state index in [-0.39, 0.29) is 17.7 Å². The van der Waals surface area contributed by atoms with Gasteiger partial charge >= 0.3 is 0 Å². The van der Waals surface area contributed by atoms with Crippen LogP contribution in [-0.4, -0.2) is 68.0 Å². The Balaban J connectivity index is 1.87. The van der Waals surface area contributed by atoms with Crippen molar-refractivity contribution in [2.24, 2.45) is 5.92 Å². The average Bonchev–Trinajstić information content (AvgIpc) is 2.46. The van der Waals surface area contributed by atoms with E-state index in [2.05, 4.69) is 12.2 Å². The monoisotopic (exact) mass is 317 g/mol. The van der Waals surface area contributed by atoms with Gasteiger partial charge in [-0.3, -0.25) is 4.79 Å². The number of hydrogen-bond donors (Lipinski definition) is 1. The molecule has 0 aliphatic carbocycles. The minimum absolute atomic E-state index is 0.0902. The lowest BCUT2D eigenvalue weighted by Crippen LogP contribution is -2.56. The second-order valence-electron chi connectivity index (χ2n) is 6.18. The first-order chi connectivity index (χ1) is 9.94. The van der Waals surface area contributed by atoms with E-state index < -0.39 is 10.0 Å². The fraction of sp³-hybridized carbons (Fsp3) is 0.929. The van der Waals surface area contributed by atoms with Crippen molar-refractivity contribution in [3.8, 4) is 0 Å². The van der Waals surface area contributed by atoms with Gasteiger partial charge in [0, 0.05) is 26.2 Å². The second kappa shape index (κ2) is 7.07. The van der Waals surface area contributed by atoms with Crippen LogP contribution in [0.1, 0.15) is 33.1 Å². The van der Waals surface area contributed by atoms with Gasteiger partial charge in [0.05, 0.1) is 11.8 Å². The zero-order chi connectivity index (χ0) is 15.5. The first-order valence-electron chi connectivity index (χ1n) is 7.94. The Morgan fingerprint density at radius 3 is 2.48 bits per heavy atom. The molecule has 6 nitrogen and oxygen atoms in total. The summed E-state index contributed by atoms with van der Waals surface area (Å²) in [6, 6.07) is -0.0902. The molecule has 2 atom stereocenters. The van der Waals surface area contributed by atoms with Crippen LogP contribution in [-0.2, 0) is 14.8 Å². The molecule has 0 aromatic rings. The van der Waals surface area contributed by atoms with Crippen molar-refractivity contribution in [2.45, 2.75) is 39.2 Å². The SMILES string of the molecule is CCCS(=O)(=O)N1CCN(C(=O)C2CC(C)CCN2)CC1. The van der Waals surface area contributed by atoms with Crippen molar-refractivity contribution in [3.05, 3.63) is 0 Å². The molecule has 2 fully saturated rings. The molecule has 0 bridgehead atoms. The zero-order valence-electron chi connectivity index (χ0n) is 13.0. The van der Waals surface area contributed by atoms with Crippen molar-refractivity contribution >= 4 is 15.9 Å². The molecule has 0 spiro atoms. The largest absolute Gasteiger partial charge is 0.339 e. The predicted octanol–water partition coefficient (Wildman–Crippen LogP) is 0.259. The lowest BCUT2D eigenvalue weighted by molar-refractivity contribution is -0.135. The third-order valence-electron chi connectivity index (χ3n) is 4.37. The van der Waals surface area contributed by atoms with Crippen molar-refractivity contribution in [1.29, 1.82) is 0 Å². The van der Waals surface area contributed by atoms with Crippen molar-refractivity contribution in [1.82, 2.24) is 14.5 Å². The van der Waals surface area contributed by atoms with Gasteiger partial charge in [0.2, 0.25) is 15.9 Å². The second-order valence-corrected chi connectivity index (χ2v) is 8.27. The topological polar surface area (TPSA) is 69.7 Å². The van der Waals surface area contributed by atoms with Gasteiger partial charge in [0.25, 0.3) is 0 Å². The van der Waals surface area contributed by atoms with Crippen LogP contribution in [0.15, 0.2) is 0 Å². The molecule has 21 heavy (non-hydrogen) atoms. The maximum atomic E-state index is 12.5. The Morgan fingerprint density at radius 2 is 1.90 bits per heavy atom. The lowest BCUT2D eigenvalue weighted by Gasteiger charge is -2.37. The summed E-state index contributed by atoms with van der Waals surface area (Å²) in [6.07, 6.45) is 2.63. The third-order valence-corrected chi connectivity index (χ3v) is 6.45. The summed E-state index contributed by atoms with van der Waals surface area (Å²) in [5.41, 5.74) is 0. The first-order valence-corrected chi connectivity index (χ1v) is 9.55. The fourth-order valence-electron chi connectivity index (χ4n) is 3.09. The number of amides is 1. The van der Waals surface area contributed by atoms with E-state index >= 15 is 0 Å². The Kier molecular flexibility index (Phi) is 5.62. The number of nitrogens with one attached hydrogen (secondary N) is 1. The summed E-state index contributed by atoms with van der Waals surface area (Å²) in [6.45, 7) is 6.81. The van der Waals surface area contributed by atoms with E-state index in [9.17, 15) is 13.2 Å². The van der Waals surface area contributed by atoms with Crippen molar-refractivity contribution in [2.75, 3.05) is 38.5 Å². The molecule has 1 N–H and O–H groups in total. The van der Waals surface area contributed by atoms with E-state index in [1.165, 1.54) is 4.31 Å². The van der Waals surface area contributed by atoms with Gasteiger partial charge in [-0.05, 0) is 31.7 Å². The summed E-state index contributed by atoms with van der Waals surface area (Å²) in [7, 11) is -3.14. The number of piperazine rings is 1. The van der Waals surface area contributed by atoms with Gasteiger partial charge in [-0.15, -0.1) is 0 Å². The fourth-order valence-corrected chi connectivity index (χ4v) is 4.58. The van der Waals surface area contributed by atoms with Crippen LogP contribution in [0, 0.1) is 5.92 Å². The predicted molar refractivity (Wildman–Crippen MR) is 82.4 cm³/mol. The molecule has 1 amide bonds. The molecule has 2 saturated heterocycles. The molecule has 2 aliphatic rings. The Hall–Kier alpha value is -0.660. The molecular formula is C14H27N3O3S. The highest BCUT2D eigenvalue weighted by atomic mass is 32.2. The van der Waals surface area contributed by atoms with Crippen LogP contribution in [0.2, 0.25) is 0 Å². The Morgan fingerprint density at radius 1 is 1.24 bits per heavy atom. The van der Waals surface area contributed by atoms with Gasteiger partial charge in [0.1, 0.15) is 0 Å². The normalized spacial score (nSPS) is 28.6. The smallest absolute Gasteiger partial charge is 0.239 e. The molecule has 7 heteroatoms. The van der Waals surface area contributed by atoms with Crippen LogP contribution >= 0.6 is 0 Å². The summed E-state index contributed by atoms with van der Waals surface area (Å²) in [5, 5.41) is 3.29. The number of carbonyl (C=O) groups is 1. The highest BCUT2D eigenvalue weighted by Crippen LogP contribution is 2.18. The van der Waals surface area contributed by atoms with Gasteiger partial charge in [-0.25, -0.2) is 8.42 Å². The average molecular weight is 317 g/mol. The lowest BCUT2D eigenvalue weighted by atomic mass is 9.93. The number of sulfonamides is 1. The van der Waals surface area contributed by atoms with E-state index in [0.29, 0.717) is 38.5 Å². The quantitative estimate of drug-likeness (QED) is 0.807. The van der Waals surface area contributed by atoms with Crippen molar-refractivity contribution in [3.63, 3.8) is 0 Å². The van der Waals surface area contributed by atoms with Gasteiger partial charge < -0.3 is 10.2 Å². The summed E-state index contributed by atoms with van der Waals surface area (Å²) in [5.74, 6) is 0.906. The van der Waals surface area contributed by atoms with Crippen LogP contribution in [0.5, 0.6) is 0 Å². The summed E-state index contributed by atoms with van der Waals surface area (Å²) in [4.78, 5) is 14.3. The zero-order valence-corrected chi connectivity index (χ0v) is 13.9. The molecule has 2 heterocycles. The maximum Gasteiger partial charge on any atom is 0.239 e. The van der Waals surface area contributed by atoms with Crippen LogP contribution in [0.4, 0.5) is 0 Å². The molecule has 2 aliphatic heterocycles. The van der Waals surface area contributed by atoms with E-state index in [1.807, 2.05) is 11.8 Å². The molecule has 0 saturated carbocycles.